The van der Waals surface area contributed by atoms with Crippen LogP contribution in [0.4, 0.5) is 4.39 Å². The van der Waals surface area contributed by atoms with Crippen LogP contribution in [-0.4, -0.2) is 49.6 Å². The van der Waals surface area contributed by atoms with Gasteiger partial charge in [-0.05, 0) is 43.5 Å². The lowest BCUT2D eigenvalue weighted by Gasteiger charge is -2.29. The summed E-state index contributed by atoms with van der Waals surface area (Å²) in [5, 5.41) is 3.20. The standard InChI is InChI=1S/C19H23FN2O5S2/c20-15-7-5-14(6-8-15)19-12-17(21-27-19)18-4-2-1-3-10-22(18)29(25,26)16-9-11-28(23,24)13-16/h5-8,12,16,18H,1-4,9-11,13H2/t16-,18+/m0/s1. The van der Waals surface area contributed by atoms with E-state index in [1.54, 1.807) is 18.2 Å². The molecule has 2 fully saturated rings. The number of rotatable bonds is 4. The summed E-state index contributed by atoms with van der Waals surface area (Å²) in [6, 6.07) is 6.98. The van der Waals surface area contributed by atoms with E-state index in [1.165, 1.54) is 16.4 Å². The molecule has 7 nitrogen and oxygen atoms in total. The first-order valence-corrected chi connectivity index (χ1v) is 13.0. The summed E-state index contributed by atoms with van der Waals surface area (Å²) >= 11 is 0. The molecule has 0 aliphatic carbocycles. The van der Waals surface area contributed by atoms with Gasteiger partial charge in [-0.25, -0.2) is 21.2 Å². The number of sulfonamides is 1. The fourth-order valence-electron chi connectivity index (χ4n) is 4.07. The normalized spacial score (nSPS) is 25.7. The van der Waals surface area contributed by atoms with Crippen LogP contribution in [0.1, 0.15) is 43.8 Å². The third-order valence-electron chi connectivity index (χ3n) is 5.64. The van der Waals surface area contributed by atoms with Crippen molar-refractivity contribution in [2.45, 2.75) is 43.4 Å². The van der Waals surface area contributed by atoms with Crippen LogP contribution < -0.4 is 0 Å². The fourth-order valence-corrected chi connectivity index (χ4v) is 8.82. The summed E-state index contributed by atoms with van der Waals surface area (Å²) < 4.78 is 70.3. The first-order valence-electron chi connectivity index (χ1n) is 9.70. The molecule has 158 valence electrons. The van der Waals surface area contributed by atoms with Crippen LogP contribution in [0, 0.1) is 5.82 Å². The lowest BCUT2D eigenvalue weighted by atomic mass is 10.1. The van der Waals surface area contributed by atoms with Crippen molar-refractivity contribution in [1.29, 1.82) is 0 Å². The average molecular weight is 443 g/mol. The molecule has 2 aliphatic heterocycles. The molecule has 0 unspecified atom stereocenters. The number of nitrogens with zero attached hydrogens (tertiary/aromatic N) is 2. The van der Waals surface area contributed by atoms with Crippen LogP contribution in [0.25, 0.3) is 11.3 Å². The van der Waals surface area contributed by atoms with Gasteiger partial charge in [0.15, 0.2) is 15.6 Å². The van der Waals surface area contributed by atoms with E-state index in [-0.39, 0.29) is 23.7 Å². The Morgan fingerprint density at radius 3 is 2.55 bits per heavy atom. The second-order valence-corrected chi connectivity index (χ2v) is 12.1. The quantitative estimate of drug-likeness (QED) is 0.722. The molecular weight excluding hydrogens is 419 g/mol. The highest BCUT2D eigenvalue weighted by atomic mass is 32.2. The van der Waals surface area contributed by atoms with Gasteiger partial charge in [-0.1, -0.05) is 18.0 Å². The molecule has 0 radical (unpaired) electrons. The van der Waals surface area contributed by atoms with Crippen LogP contribution in [-0.2, 0) is 19.9 Å². The van der Waals surface area contributed by atoms with Gasteiger partial charge in [-0.3, -0.25) is 0 Å². The van der Waals surface area contributed by atoms with Crippen molar-refractivity contribution >= 4 is 19.9 Å². The predicted molar refractivity (Wildman–Crippen MR) is 106 cm³/mol. The van der Waals surface area contributed by atoms with Gasteiger partial charge in [-0.2, -0.15) is 4.31 Å². The molecule has 0 bridgehead atoms. The first-order chi connectivity index (χ1) is 13.8. The van der Waals surface area contributed by atoms with E-state index in [9.17, 15) is 21.2 Å². The number of halogens is 1. The molecule has 2 saturated heterocycles. The smallest absolute Gasteiger partial charge is 0.218 e. The fraction of sp³-hybridized carbons (Fsp3) is 0.526. The molecule has 0 spiro atoms. The number of hydrogen-bond acceptors (Lipinski definition) is 6. The summed E-state index contributed by atoms with van der Waals surface area (Å²) in [5.41, 5.74) is 1.14. The zero-order chi connectivity index (χ0) is 20.6. The van der Waals surface area contributed by atoms with Gasteiger partial charge in [0.25, 0.3) is 0 Å². The van der Waals surface area contributed by atoms with Crippen molar-refractivity contribution in [2.75, 3.05) is 18.1 Å². The van der Waals surface area contributed by atoms with E-state index in [0.29, 0.717) is 30.0 Å². The highest BCUT2D eigenvalue weighted by molar-refractivity contribution is 7.95. The predicted octanol–water partition coefficient (Wildman–Crippen LogP) is 2.91. The topological polar surface area (TPSA) is 97.5 Å². The number of sulfone groups is 1. The first kappa shape index (κ1) is 20.5. The Balaban J connectivity index is 1.65. The third kappa shape index (κ3) is 4.24. The molecule has 29 heavy (non-hydrogen) atoms. The maximum atomic E-state index is 13.3. The van der Waals surface area contributed by atoms with Gasteiger partial charge in [0.1, 0.15) is 11.5 Å². The van der Waals surface area contributed by atoms with Crippen molar-refractivity contribution in [3.63, 3.8) is 0 Å². The lowest BCUT2D eigenvalue weighted by molar-refractivity contribution is 0.305. The molecule has 1 aromatic carbocycles. The Bertz CT molecular complexity index is 1080. The summed E-state index contributed by atoms with van der Waals surface area (Å²) in [7, 11) is -7.11. The van der Waals surface area contributed by atoms with Crippen molar-refractivity contribution in [2.24, 2.45) is 0 Å². The molecule has 0 amide bonds. The molecule has 2 atom stereocenters. The minimum Gasteiger partial charge on any atom is -0.356 e. The minimum absolute atomic E-state index is 0.0892. The number of hydrogen-bond donors (Lipinski definition) is 0. The Morgan fingerprint density at radius 2 is 1.86 bits per heavy atom. The van der Waals surface area contributed by atoms with E-state index < -0.39 is 31.2 Å². The van der Waals surface area contributed by atoms with E-state index in [1.807, 2.05) is 0 Å². The minimum atomic E-state index is -3.79. The van der Waals surface area contributed by atoms with Gasteiger partial charge in [0, 0.05) is 18.2 Å². The Morgan fingerprint density at radius 1 is 1.10 bits per heavy atom. The van der Waals surface area contributed by atoms with Crippen molar-refractivity contribution < 1.29 is 25.7 Å². The van der Waals surface area contributed by atoms with Gasteiger partial charge in [0.05, 0.1) is 22.8 Å². The molecule has 0 N–H and O–H groups in total. The van der Waals surface area contributed by atoms with Crippen LogP contribution in [0.3, 0.4) is 0 Å². The molecule has 2 aromatic rings. The number of benzene rings is 1. The van der Waals surface area contributed by atoms with Crippen LogP contribution in [0.15, 0.2) is 34.9 Å². The van der Waals surface area contributed by atoms with Crippen LogP contribution in [0.2, 0.25) is 0 Å². The summed E-state index contributed by atoms with van der Waals surface area (Å²) in [6.07, 6.45) is 3.19. The van der Waals surface area contributed by atoms with Gasteiger partial charge in [-0.15, -0.1) is 0 Å². The Labute approximate surface area is 169 Å². The molecule has 1 aromatic heterocycles. The Hall–Kier alpha value is -1.78. The van der Waals surface area contributed by atoms with Crippen molar-refractivity contribution in [1.82, 2.24) is 9.46 Å². The van der Waals surface area contributed by atoms with Crippen LogP contribution >= 0.6 is 0 Å². The average Bonchev–Trinajstić information content (AvgIpc) is 3.22. The second-order valence-electron chi connectivity index (χ2n) is 7.67. The highest BCUT2D eigenvalue weighted by Crippen LogP contribution is 2.36. The zero-order valence-electron chi connectivity index (χ0n) is 15.8. The van der Waals surface area contributed by atoms with Crippen molar-refractivity contribution in [3.05, 3.63) is 41.8 Å². The van der Waals surface area contributed by atoms with Crippen molar-refractivity contribution in [3.8, 4) is 11.3 Å². The van der Waals surface area contributed by atoms with E-state index >= 15 is 0 Å². The monoisotopic (exact) mass is 442 g/mol. The Kier molecular flexibility index (Phi) is 5.52. The molecule has 2 aliphatic rings. The van der Waals surface area contributed by atoms with E-state index in [0.717, 1.165) is 19.3 Å². The van der Waals surface area contributed by atoms with Gasteiger partial charge < -0.3 is 4.52 Å². The van der Waals surface area contributed by atoms with Gasteiger partial charge >= 0.3 is 0 Å². The van der Waals surface area contributed by atoms with Crippen LogP contribution in [0.5, 0.6) is 0 Å². The zero-order valence-corrected chi connectivity index (χ0v) is 17.5. The lowest BCUT2D eigenvalue weighted by Crippen LogP contribution is -2.41. The maximum absolute atomic E-state index is 13.3. The molecule has 4 rings (SSSR count). The highest BCUT2D eigenvalue weighted by Gasteiger charge is 2.43. The summed E-state index contributed by atoms with van der Waals surface area (Å²) in [4.78, 5) is 0. The summed E-state index contributed by atoms with van der Waals surface area (Å²) in [5.74, 6) is -0.335. The van der Waals surface area contributed by atoms with Gasteiger partial charge in [0.2, 0.25) is 10.0 Å². The molecule has 10 heteroatoms. The third-order valence-corrected chi connectivity index (χ3v) is 9.96. The van der Waals surface area contributed by atoms with E-state index in [2.05, 4.69) is 5.16 Å². The number of aromatic nitrogens is 1. The molecule has 3 heterocycles. The SMILES string of the molecule is O=S1(=O)CC[C@H](S(=O)(=O)N2CCCCC[C@@H]2c2cc(-c3ccc(F)cc3)on2)C1. The molecule has 0 saturated carbocycles. The maximum Gasteiger partial charge on any atom is 0.218 e. The van der Waals surface area contributed by atoms with E-state index in [4.69, 9.17) is 4.52 Å². The largest absolute Gasteiger partial charge is 0.356 e. The second kappa shape index (κ2) is 7.81. The summed E-state index contributed by atoms with van der Waals surface area (Å²) in [6.45, 7) is 0.336. The molecular formula is C19H23FN2O5S2.